The normalized spacial score (nSPS) is 12.4. The molecule has 0 aliphatic carbocycles. The predicted octanol–water partition coefficient (Wildman–Crippen LogP) is 3.01. The molecule has 0 fully saturated rings. The van der Waals surface area contributed by atoms with Gasteiger partial charge in [0.15, 0.2) is 11.5 Å². The predicted molar refractivity (Wildman–Crippen MR) is 85.7 cm³/mol. The maximum atomic E-state index is 4.44. The van der Waals surface area contributed by atoms with E-state index in [4.69, 9.17) is 0 Å². The van der Waals surface area contributed by atoms with Gasteiger partial charge in [-0.1, -0.05) is 30.3 Å². The molecule has 2 N–H and O–H groups in total. The lowest BCUT2D eigenvalue weighted by atomic mass is 10.1. The first kappa shape index (κ1) is 12.9. The van der Waals surface area contributed by atoms with Crippen LogP contribution in [0.3, 0.4) is 0 Å². The fourth-order valence-corrected chi connectivity index (χ4v) is 3.04. The van der Waals surface area contributed by atoms with E-state index in [0.29, 0.717) is 11.5 Å². The number of rotatable bonds is 4. The Morgan fingerprint density at radius 3 is 2.77 bits per heavy atom. The lowest BCUT2D eigenvalue weighted by Gasteiger charge is -2.17. The smallest absolute Gasteiger partial charge is 0.182 e. The summed E-state index contributed by atoms with van der Waals surface area (Å²) in [6.07, 6.45) is 4.93. The average molecular weight is 308 g/mol. The number of nitrogens with one attached hydrogen (secondary N) is 2. The molecule has 0 aliphatic rings. The number of aromatic nitrogens is 5. The van der Waals surface area contributed by atoms with E-state index in [-0.39, 0.29) is 6.04 Å². The molecule has 0 bridgehead atoms. The highest BCUT2D eigenvalue weighted by Gasteiger charge is 2.18. The number of thiazole rings is 1. The van der Waals surface area contributed by atoms with E-state index < -0.39 is 0 Å². The minimum Gasteiger partial charge on any atom is -0.355 e. The van der Waals surface area contributed by atoms with Gasteiger partial charge in [0.25, 0.3) is 0 Å². The van der Waals surface area contributed by atoms with E-state index in [0.717, 1.165) is 16.1 Å². The first-order valence-corrected chi connectivity index (χ1v) is 7.65. The van der Waals surface area contributed by atoms with E-state index in [1.54, 1.807) is 17.7 Å². The third-order valence-electron chi connectivity index (χ3n) is 3.34. The molecule has 3 heterocycles. The van der Waals surface area contributed by atoms with E-state index in [2.05, 4.69) is 42.4 Å². The van der Waals surface area contributed by atoms with Gasteiger partial charge in [-0.25, -0.2) is 19.9 Å². The third-order valence-corrected chi connectivity index (χ3v) is 4.18. The number of fused-ring (bicyclic) bond motifs is 1. The lowest BCUT2D eigenvalue weighted by Crippen LogP contribution is -2.13. The summed E-state index contributed by atoms with van der Waals surface area (Å²) in [4.78, 5) is 20.2. The second-order valence-corrected chi connectivity index (χ2v) is 5.61. The van der Waals surface area contributed by atoms with Crippen molar-refractivity contribution in [3.05, 3.63) is 65.1 Å². The maximum Gasteiger partial charge on any atom is 0.182 e. The zero-order valence-corrected chi connectivity index (χ0v) is 12.3. The number of imidazole rings is 1. The summed E-state index contributed by atoms with van der Waals surface area (Å²) < 4.78 is 0. The Balaban J connectivity index is 1.77. The Hall–Kier alpha value is -2.80. The summed E-state index contributed by atoms with van der Waals surface area (Å²) in [7, 11) is 0. The third kappa shape index (κ3) is 2.31. The molecule has 4 aromatic rings. The van der Waals surface area contributed by atoms with Crippen molar-refractivity contribution in [3.8, 4) is 0 Å². The molecule has 22 heavy (non-hydrogen) atoms. The molecule has 0 radical (unpaired) electrons. The number of benzene rings is 1. The highest BCUT2D eigenvalue weighted by atomic mass is 32.1. The van der Waals surface area contributed by atoms with Gasteiger partial charge >= 0.3 is 0 Å². The number of hydrogen-bond donors (Lipinski definition) is 2. The van der Waals surface area contributed by atoms with Crippen LogP contribution in [0.15, 0.2) is 54.6 Å². The number of hydrogen-bond acceptors (Lipinski definition) is 6. The monoisotopic (exact) mass is 308 g/mol. The minimum absolute atomic E-state index is 0.0670. The van der Waals surface area contributed by atoms with Crippen molar-refractivity contribution in [3.63, 3.8) is 0 Å². The number of H-pyrrole nitrogens is 1. The Morgan fingerprint density at radius 2 is 1.95 bits per heavy atom. The van der Waals surface area contributed by atoms with Crippen molar-refractivity contribution in [2.45, 2.75) is 6.04 Å². The number of nitrogens with zero attached hydrogens (tertiary/aromatic N) is 4. The summed E-state index contributed by atoms with van der Waals surface area (Å²) in [5, 5.41) is 6.41. The van der Waals surface area contributed by atoms with E-state index >= 15 is 0 Å². The van der Waals surface area contributed by atoms with Crippen molar-refractivity contribution in [1.82, 2.24) is 24.9 Å². The number of aromatic amines is 1. The molecule has 0 amide bonds. The fraction of sp³-hybridized carbons (Fsp3) is 0.0667. The van der Waals surface area contributed by atoms with Crippen LogP contribution < -0.4 is 5.32 Å². The van der Waals surface area contributed by atoms with E-state index in [1.807, 2.05) is 29.8 Å². The Bertz CT molecular complexity index is 871. The van der Waals surface area contributed by atoms with Crippen molar-refractivity contribution in [1.29, 1.82) is 0 Å². The quantitative estimate of drug-likeness (QED) is 0.606. The summed E-state index contributed by atoms with van der Waals surface area (Å²) in [6.45, 7) is 0. The molecule has 108 valence electrons. The van der Waals surface area contributed by atoms with Crippen LogP contribution in [0, 0.1) is 0 Å². The molecule has 7 heteroatoms. The van der Waals surface area contributed by atoms with Gasteiger partial charge in [-0.2, -0.15) is 0 Å². The van der Waals surface area contributed by atoms with Gasteiger partial charge in [0, 0.05) is 11.6 Å². The van der Waals surface area contributed by atoms with E-state index in [1.165, 1.54) is 6.33 Å². The van der Waals surface area contributed by atoms with Crippen LogP contribution in [0.5, 0.6) is 0 Å². The van der Waals surface area contributed by atoms with Gasteiger partial charge in [-0.05, 0) is 5.56 Å². The summed E-state index contributed by atoms with van der Waals surface area (Å²) >= 11 is 1.61. The minimum atomic E-state index is -0.0670. The molecule has 4 rings (SSSR count). The molecule has 0 aliphatic heterocycles. The molecule has 0 saturated heterocycles. The van der Waals surface area contributed by atoms with Gasteiger partial charge in [-0.3, -0.25) is 0 Å². The molecule has 0 saturated carbocycles. The summed E-state index contributed by atoms with van der Waals surface area (Å²) in [6, 6.07) is 10.1. The molecule has 3 aromatic heterocycles. The summed E-state index contributed by atoms with van der Waals surface area (Å²) in [5.41, 5.74) is 2.56. The summed E-state index contributed by atoms with van der Waals surface area (Å²) in [5.74, 6) is 0.714. The van der Waals surface area contributed by atoms with Gasteiger partial charge in [0.1, 0.15) is 22.9 Å². The van der Waals surface area contributed by atoms with Gasteiger partial charge in [0.05, 0.1) is 6.33 Å². The average Bonchev–Trinajstić information content (AvgIpc) is 3.25. The van der Waals surface area contributed by atoms with Crippen molar-refractivity contribution in [2.24, 2.45) is 0 Å². The SMILES string of the molecule is c1ccc(C(Nc2ncnc3nc[nH]c23)c2nccs2)cc1. The largest absolute Gasteiger partial charge is 0.355 e. The molecule has 1 aromatic carbocycles. The fourth-order valence-electron chi connectivity index (χ4n) is 2.32. The highest BCUT2D eigenvalue weighted by Crippen LogP contribution is 2.28. The molecule has 1 unspecified atom stereocenters. The van der Waals surface area contributed by atoms with Crippen LogP contribution in [0.4, 0.5) is 5.82 Å². The Kier molecular flexibility index (Phi) is 3.24. The van der Waals surface area contributed by atoms with Crippen LogP contribution in [-0.4, -0.2) is 24.9 Å². The zero-order valence-electron chi connectivity index (χ0n) is 11.5. The van der Waals surface area contributed by atoms with Crippen LogP contribution >= 0.6 is 11.3 Å². The second-order valence-electron chi connectivity index (χ2n) is 4.68. The first-order valence-electron chi connectivity index (χ1n) is 6.77. The first-order chi connectivity index (χ1) is 10.9. The maximum absolute atomic E-state index is 4.44. The topological polar surface area (TPSA) is 79.4 Å². The van der Waals surface area contributed by atoms with Crippen molar-refractivity contribution in [2.75, 3.05) is 5.32 Å². The van der Waals surface area contributed by atoms with Crippen molar-refractivity contribution < 1.29 is 0 Å². The van der Waals surface area contributed by atoms with Crippen LogP contribution in [0.2, 0.25) is 0 Å². The Morgan fingerprint density at radius 1 is 1.05 bits per heavy atom. The molecular weight excluding hydrogens is 296 g/mol. The van der Waals surface area contributed by atoms with Crippen LogP contribution in [0.25, 0.3) is 11.2 Å². The van der Waals surface area contributed by atoms with Gasteiger partial charge in [-0.15, -0.1) is 11.3 Å². The standard InChI is InChI=1S/C15H12N6S/c1-2-4-10(5-3-1)11(15-16-6-7-22-15)21-14-12-13(18-8-17-12)19-9-20-14/h1-9,11H,(H2,17,18,19,20,21). The molecule has 0 spiro atoms. The van der Waals surface area contributed by atoms with Crippen LogP contribution in [0.1, 0.15) is 16.6 Å². The molecule has 6 nitrogen and oxygen atoms in total. The zero-order chi connectivity index (χ0) is 14.8. The Labute approximate surface area is 130 Å². The van der Waals surface area contributed by atoms with Gasteiger partial charge < -0.3 is 10.3 Å². The molecule has 1 atom stereocenters. The highest BCUT2D eigenvalue weighted by molar-refractivity contribution is 7.09. The molecular formula is C15H12N6S. The lowest BCUT2D eigenvalue weighted by molar-refractivity contribution is 0.910. The second kappa shape index (κ2) is 5.53. The van der Waals surface area contributed by atoms with Gasteiger partial charge in [0.2, 0.25) is 0 Å². The van der Waals surface area contributed by atoms with Crippen molar-refractivity contribution >= 4 is 28.3 Å². The van der Waals surface area contributed by atoms with Crippen LogP contribution in [-0.2, 0) is 0 Å². The number of anilines is 1. The van der Waals surface area contributed by atoms with E-state index in [9.17, 15) is 0 Å².